The third-order valence-corrected chi connectivity index (χ3v) is 9.65. The van der Waals surface area contributed by atoms with Crippen molar-refractivity contribution in [3.63, 3.8) is 0 Å². The molecule has 0 aromatic carbocycles. The molecule has 0 aliphatic carbocycles. The molecule has 0 saturated heterocycles. The van der Waals surface area contributed by atoms with E-state index >= 15 is 0 Å². The van der Waals surface area contributed by atoms with Crippen LogP contribution in [-0.4, -0.2) is 46.1 Å². The number of unbranched alkanes of at least 4 members (excludes halogenated alkanes) is 25. The fourth-order valence-electron chi connectivity index (χ4n) is 6.24. The maximum absolute atomic E-state index is 12.4. The Balaban J connectivity index is 3.74. The maximum Gasteiger partial charge on any atom is 0.249 e. The number of aliphatic hydroxyl groups is 3. The van der Waals surface area contributed by atoms with E-state index in [4.69, 9.17) is 0 Å². The van der Waals surface area contributed by atoms with Gasteiger partial charge < -0.3 is 20.6 Å². The highest BCUT2D eigenvalue weighted by molar-refractivity contribution is 5.81. The van der Waals surface area contributed by atoms with Crippen molar-refractivity contribution in [1.82, 2.24) is 5.32 Å². The number of hydrogen-bond acceptors (Lipinski definition) is 4. The second-order valence-corrected chi connectivity index (χ2v) is 14.6. The van der Waals surface area contributed by atoms with Crippen molar-refractivity contribution in [2.45, 2.75) is 225 Å². The van der Waals surface area contributed by atoms with Crippen LogP contribution in [0.2, 0.25) is 0 Å². The molecule has 0 fully saturated rings. The molecule has 292 valence electrons. The first-order valence-electron chi connectivity index (χ1n) is 21.5. The number of rotatable bonds is 38. The van der Waals surface area contributed by atoms with Gasteiger partial charge in [0.25, 0.3) is 0 Å². The van der Waals surface area contributed by atoms with E-state index in [1.165, 1.54) is 154 Å². The standard InChI is InChI=1S/C45H83NO4/c1-3-5-7-9-11-13-15-17-18-19-20-21-22-23-24-25-26-27-28-30-31-33-35-37-39-43(48)42(41-47)46-45(50)44(49)40-38-36-34-32-29-16-14-12-10-8-6-4-2/h29-32,36-39,42-44,47-49H,3-28,33-35,40-41H2,1-2H3,(H,46,50)/b31-30+,32-29-,38-36-,39-37+. The number of amides is 1. The highest BCUT2D eigenvalue weighted by Crippen LogP contribution is 2.15. The summed E-state index contributed by atoms with van der Waals surface area (Å²) in [6.45, 7) is 4.12. The average Bonchev–Trinajstić information content (AvgIpc) is 3.12. The lowest BCUT2D eigenvalue weighted by Gasteiger charge is -2.21. The number of carbonyl (C=O) groups excluding carboxylic acids is 1. The molecule has 0 aliphatic rings. The Labute approximate surface area is 310 Å². The zero-order chi connectivity index (χ0) is 36.6. The van der Waals surface area contributed by atoms with Crippen LogP contribution in [0, 0.1) is 0 Å². The molecule has 0 bridgehead atoms. The molecule has 0 aromatic rings. The number of allylic oxidation sites excluding steroid dienone is 6. The molecule has 50 heavy (non-hydrogen) atoms. The molecule has 0 aliphatic heterocycles. The summed E-state index contributed by atoms with van der Waals surface area (Å²) in [5.41, 5.74) is 0. The Kier molecular flexibility index (Phi) is 38.7. The smallest absolute Gasteiger partial charge is 0.249 e. The quantitative estimate of drug-likeness (QED) is 0.0381. The van der Waals surface area contributed by atoms with Crippen LogP contribution in [0.25, 0.3) is 0 Å². The number of nitrogens with one attached hydrogen (secondary N) is 1. The predicted molar refractivity (Wildman–Crippen MR) is 217 cm³/mol. The van der Waals surface area contributed by atoms with Gasteiger partial charge in [0.15, 0.2) is 0 Å². The second-order valence-electron chi connectivity index (χ2n) is 14.6. The summed E-state index contributed by atoms with van der Waals surface area (Å²) < 4.78 is 0. The van der Waals surface area contributed by atoms with Gasteiger partial charge in [-0.1, -0.05) is 204 Å². The third-order valence-electron chi connectivity index (χ3n) is 9.65. The molecule has 1 amide bonds. The summed E-state index contributed by atoms with van der Waals surface area (Å²) in [6, 6.07) is -0.845. The Hall–Kier alpha value is -1.69. The van der Waals surface area contributed by atoms with E-state index in [0.29, 0.717) is 0 Å². The van der Waals surface area contributed by atoms with Crippen LogP contribution in [0.4, 0.5) is 0 Å². The van der Waals surface area contributed by atoms with E-state index in [1.807, 2.05) is 12.2 Å². The normalized spacial score (nSPS) is 14.1. The van der Waals surface area contributed by atoms with Crippen LogP contribution in [0.5, 0.6) is 0 Å². The lowest BCUT2D eigenvalue weighted by molar-refractivity contribution is -0.131. The monoisotopic (exact) mass is 702 g/mol. The number of aliphatic hydroxyl groups excluding tert-OH is 3. The molecule has 0 radical (unpaired) electrons. The summed E-state index contributed by atoms with van der Waals surface area (Å²) in [4.78, 5) is 12.4. The van der Waals surface area contributed by atoms with Crippen LogP contribution in [0.15, 0.2) is 48.6 Å². The molecule has 5 heteroatoms. The van der Waals surface area contributed by atoms with Crippen LogP contribution in [0.1, 0.15) is 206 Å². The van der Waals surface area contributed by atoms with E-state index in [2.05, 4.69) is 43.5 Å². The van der Waals surface area contributed by atoms with Crippen molar-refractivity contribution in [2.24, 2.45) is 0 Å². The highest BCUT2D eigenvalue weighted by atomic mass is 16.3. The van der Waals surface area contributed by atoms with Gasteiger partial charge in [0.1, 0.15) is 6.10 Å². The largest absolute Gasteiger partial charge is 0.394 e. The van der Waals surface area contributed by atoms with Gasteiger partial charge in [0.2, 0.25) is 5.91 Å². The number of hydrogen-bond donors (Lipinski definition) is 4. The van der Waals surface area contributed by atoms with Gasteiger partial charge in [-0.2, -0.15) is 0 Å². The topological polar surface area (TPSA) is 89.8 Å². The maximum atomic E-state index is 12.4. The van der Waals surface area contributed by atoms with E-state index in [0.717, 1.165) is 32.1 Å². The van der Waals surface area contributed by atoms with Gasteiger partial charge >= 0.3 is 0 Å². The van der Waals surface area contributed by atoms with Crippen molar-refractivity contribution < 1.29 is 20.1 Å². The first-order valence-corrected chi connectivity index (χ1v) is 21.5. The SMILES string of the molecule is CCCCCCCC/C=C\C/C=C\CC(O)C(=O)NC(CO)C(O)/C=C/CC/C=C/CCCCCCCCCCCCCCCCCCCC. The highest BCUT2D eigenvalue weighted by Gasteiger charge is 2.22. The van der Waals surface area contributed by atoms with Gasteiger partial charge in [-0.05, 0) is 44.9 Å². The van der Waals surface area contributed by atoms with E-state index in [-0.39, 0.29) is 6.42 Å². The molecule has 5 nitrogen and oxygen atoms in total. The lowest BCUT2D eigenvalue weighted by atomic mass is 10.0. The summed E-state index contributed by atoms with van der Waals surface area (Å²) >= 11 is 0. The minimum atomic E-state index is -1.21. The Morgan fingerprint density at radius 3 is 1.34 bits per heavy atom. The van der Waals surface area contributed by atoms with Crippen LogP contribution >= 0.6 is 0 Å². The van der Waals surface area contributed by atoms with E-state index in [1.54, 1.807) is 12.2 Å². The molecule has 0 saturated carbocycles. The van der Waals surface area contributed by atoms with Crippen LogP contribution in [0.3, 0.4) is 0 Å². The molecular weight excluding hydrogens is 618 g/mol. The second kappa shape index (κ2) is 40.1. The molecule has 4 N–H and O–H groups in total. The molecule has 3 atom stereocenters. The first kappa shape index (κ1) is 48.3. The third kappa shape index (κ3) is 34.7. The van der Waals surface area contributed by atoms with E-state index < -0.39 is 30.8 Å². The van der Waals surface area contributed by atoms with Gasteiger partial charge in [-0.15, -0.1) is 0 Å². The van der Waals surface area contributed by atoms with Crippen LogP contribution < -0.4 is 5.32 Å². The Morgan fingerprint density at radius 2 is 0.880 bits per heavy atom. The minimum Gasteiger partial charge on any atom is -0.394 e. The zero-order valence-electron chi connectivity index (χ0n) is 33.0. The molecule has 3 unspecified atom stereocenters. The number of carbonyl (C=O) groups is 1. The lowest BCUT2D eigenvalue weighted by Crippen LogP contribution is -2.48. The molecule has 0 aromatic heterocycles. The molecule has 0 rings (SSSR count). The van der Waals surface area contributed by atoms with Gasteiger partial charge in [-0.25, -0.2) is 0 Å². The fraction of sp³-hybridized carbons (Fsp3) is 0.800. The predicted octanol–water partition coefficient (Wildman–Crippen LogP) is 12.2. The van der Waals surface area contributed by atoms with Crippen molar-refractivity contribution in [3.05, 3.63) is 48.6 Å². The molecule has 0 spiro atoms. The van der Waals surface area contributed by atoms with E-state index in [9.17, 15) is 20.1 Å². The van der Waals surface area contributed by atoms with Crippen molar-refractivity contribution in [2.75, 3.05) is 6.61 Å². The molecule has 0 heterocycles. The zero-order valence-corrected chi connectivity index (χ0v) is 33.0. The summed E-state index contributed by atoms with van der Waals surface area (Å²) in [5.74, 6) is -0.581. The van der Waals surface area contributed by atoms with Crippen molar-refractivity contribution in [1.29, 1.82) is 0 Å². The summed E-state index contributed by atoms with van der Waals surface area (Å²) in [5, 5.41) is 32.9. The van der Waals surface area contributed by atoms with Gasteiger partial charge in [0, 0.05) is 6.42 Å². The summed E-state index contributed by atoms with van der Waals surface area (Å²) in [6.07, 6.45) is 51.7. The Morgan fingerprint density at radius 1 is 0.500 bits per heavy atom. The van der Waals surface area contributed by atoms with Crippen molar-refractivity contribution >= 4 is 5.91 Å². The van der Waals surface area contributed by atoms with Gasteiger partial charge in [-0.3, -0.25) is 4.79 Å². The van der Waals surface area contributed by atoms with Crippen LogP contribution in [-0.2, 0) is 4.79 Å². The summed E-state index contributed by atoms with van der Waals surface area (Å²) in [7, 11) is 0. The van der Waals surface area contributed by atoms with Gasteiger partial charge in [0.05, 0.1) is 18.8 Å². The van der Waals surface area contributed by atoms with Crippen molar-refractivity contribution in [3.8, 4) is 0 Å². The Bertz CT molecular complexity index is 820. The minimum absolute atomic E-state index is 0.201. The molecular formula is C45H83NO4. The first-order chi connectivity index (χ1) is 24.6. The average molecular weight is 702 g/mol. The fourth-order valence-corrected chi connectivity index (χ4v) is 6.24.